The standard InChI is InChI=1S/C15H26F2N2OS/c1-11(19-7-9-21-10-8-19)15(20)18-13(14(16)17)12-5-3-2-4-6-12/h11-14H,2-10H2,1H3,(H,18,20). The number of hydrogen-bond donors (Lipinski definition) is 1. The van der Waals surface area contributed by atoms with Crippen molar-refractivity contribution in [2.24, 2.45) is 5.92 Å². The lowest BCUT2D eigenvalue weighted by Crippen LogP contribution is -2.54. The zero-order valence-electron chi connectivity index (χ0n) is 12.7. The first kappa shape index (κ1) is 17.0. The molecule has 2 rings (SSSR count). The third-order valence-corrected chi connectivity index (χ3v) is 5.65. The molecule has 0 aromatic heterocycles. The lowest BCUT2D eigenvalue weighted by molar-refractivity contribution is -0.128. The molecule has 122 valence electrons. The largest absolute Gasteiger partial charge is 0.346 e. The van der Waals surface area contributed by atoms with Crippen molar-refractivity contribution < 1.29 is 13.6 Å². The fraction of sp³-hybridized carbons (Fsp3) is 0.933. The van der Waals surface area contributed by atoms with Crippen LogP contribution in [-0.2, 0) is 4.79 Å². The summed E-state index contributed by atoms with van der Waals surface area (Å²) in [6.07, 6.45) is 2.28. The van der Waals surface area contributed by atoms with Crippen LogP contribution in [-0.4, -0.2) is 53.9 Å². The van der Waals surface area contributed by atoms with E-state index < -0.39 is 12.5 Å². The van der Waals surface area contributed by atoms with Gasteiger partial charge in [0.15, 0.2) is 0 Å². The topological polar surface area (TPSA) is 32.3 Å². The second-order valence-corrected chi connectivity index (χ2v) is 7.32. The molecule has 3 nitrogen and oxygen atoms in total. The Morgan fingerprint density at radius 3 is 2.38 bits per heavy atom. The fourth-order valence-electron chi connectivity index (χ4n) is 3.30. The maximum Gasteiger partial charge on any atom is 0.258 e. The van der Waals surface area contributed by atoms with Gasteiger partial charge in [-0.2, -0.15) is 11.8 Å². The Morgan fingerprint density at radius 1 is 1.19 bits per heavy atom. The average Bonchev–Trinajstić information content (AvgIpc) is 2.53. The normalized spacial score (nSPS) is 24.8. The van der Waals surface area contributed by atoms with Crippen LogP contribution in [0, 0.1) is 5.92 Å². The highest BCUT2D eigenvalue weighted by molar-refractivity contribution is 7.99. The maximum absolute atomic E-state index is 13.3. The van der Waals surface area contributed by atoms with Gasteiger partial charge in [-0.3, -0.25) is 9.69 Å². The van der Waals surface area contributed by atoms with E-state index in [-0.39, 0.29) is 17.9 Å². The molecule has 2 atom stereocenters. The first-order chi connectivity index (χ1) is 10.1. The van der Waals surface area contributed by atoms with E-state index in [9.17, 15) is 13.6 Å². The maximum atomic E-state index is 13.3. The minimum absolute atomic E-state index is 0.0631. The molecule has 1 heterocycles. The van der Waals surface area contributed by atoms with E-state index in [0.29, 0.717) is 0 Å². The molecule has 1 amide bonds. The van der Waals surface area contributed by atoms with Gasteiger partial charge >= 0.3 is 0 Å². The second-order valence-electron chi connectivity index (χ2n) is 6.09. The summed E-state index contributed by atoms with van der Waals surface area (Å²) in [5.74, 6) is 1.72. The van der Waals surface area contributed by atoms with E-state index in [1.165, 1.54) is 0 Å². The van der Waals surface area contributed by atoms with Gasteiger partial charge in [0.2, 0.25) is 5.91 Å². The molecular formula is C15H26F2N2OS. The fourth-order valence-corrected chi connectivity index (χ4v) is 4.23. The quantitative estimate of drug-likeness (QED) is 0.845. The van der Waals surface area contributed by atoms with Gasteiger partial charge in [0, 0.05) is 24.6 Å². The summed E-state index contributed by atoms with van der Waals surface area (Å²) in [6.45, 7) is 3.55. The van der Waals surface area contributed by atoms with Crippen LogP contribution in [0.2, 0.25) is 0 Å². The van der Waals surface area contributed by atoms with E-state index in [0.717, 1.165) is 56.7 Å². The minimum atomic E-state index is -2.47. The zero-order chi connectivity index (χ0) is 15.2. The highest BCUT2D eigenvalue weighted by Crippen LogP contribution is 2.29. The van der Waals surface area contributed by atoms with Gasteiger partial charge in [-0.15, -0.1) is 0 Å². The number of hydrogen-bond acceptors (Lipinski definition) is 3. The molecular weight excluding hydrogens is 294 g/mol. The molecule has 0 radical (unpaired) electrons. The molecule has 1 aliphatic heterocycles. The zero-order valence-corrected chi connectivity index (χ0v) is 13.5. The Labute approximate surface area is 130 Å². The third-order valence-electron chi connectivity index (χ3n) is 4.71. The van der Waals surface area contributed by atoms with Crippen molar-refractivity contribution in [2.75, 3.05) is 24.6 Å². The number of thioether (sulfide) groups is 1. The van der Waals surface area contributed by atoms with Crippen molar-refractivity contribution in [1.29, 1.82) is 0 Å². The van der Waals surface area contributed by atoms with Gasteiger partial charge in [-0.1, -0.05) is 19.3 Å². The highest BCUT2D eigenvalue weighted by Gasteiger charge is 2.34. The van der Waals surface area contributed by atoms with E-state index in [4.69, 9.17) is 0 Å². The summed E-state index contributed by atoms with van der Waals surface area (Å²) in [6, 6.07) is -1.28. The smallest absolute Gasteiger partial charge is 0.258 e. The molecule has 2 aliphatic rings. The summed E-state index contributed by atoms with van der Waals surface area (Å²) in [5, 5.41) is 2.65. The van der Waals surface area contributed by atoms with Crippen molar-refractivity contribution in [1.82, 2.24) is 10.2 Å². The molecule has 1 aliphatic carbocycles. The van der Waals surface area contributed by atoms with Crippen molar-refractivity contribution in [3.8, 4) is 0 Å². The first-order valence-corrected chi connectivity index (χ1v) is 9.15. The Bertz CT molecular complexity index is 332. The van der Waals surface area contributed by atoms with Crippen LogP contribution in [0.15, 0.2) is 0 Å². The Hall–Kier alpha value is -0.360. The molecule has 2 unspecified atom stereocenters. The summed E-state index contributed by atoms with van der Waals surface area (Å²) < 4.78 is 26.6. The number of carbonyl (C=O) groups excluding carboxylic acids is 1. The van der Waals surface area contributed by atoms with Gasteiger partial charge in [-0.25, -0.2) is 8.78 Å². The van der Waals surface area contributed by atoms with E-state index >= 15 is 0 Å². The average molecular weight is 320 g/mol. The Balaban J connectivity index is 1.90. The predicted octanol–water partition coefficient (Wildman–Crippen LogP) is 2.75. The summed E-state index contributed by atoms with van der Waals surface area (Å²) in [5.41, 5.74) is 0. The van der Waals surface area contributed by atoms with Gasteiger partial charge in [-0.05, 0) is 25.7 Å². The molecule has 1 saturated heterocycles. The van der Waals surface area contributed by atoms with Crippen LogP contribution in [0.1, 0.15) is 39.0 Å². The number of carbonyl (C=O) groups is 1. The molecule has 2 fully saturated rings. The molecule has 6 heteroatoms. The van der Waals surface area contributed by atoms with E-state index in [1.54, 1.807) is 0 Å². The molecule has 1 saturated carbocycles. The SMILES string of the molecule is CC(C(=O)NC(C(F)F)C1CCCCC1)N1CCSCC1. The Morgan fingerprint density at radius 2 is 1.81 bits per heavy atom. The summed E-state index contributed by atoms with van der Waals surface area (Å²) in [4.78, 5) is 14.4. The van der Waals surface area contributed by atoms with Crippen molar-refractivity contribution in [2.45, 2.75) is 57.5 Å². The van der Waals surface area contributed by atoms with Gasteiger partial charge in [0.25, 0.3) is 6.43 Å². The number of alkyl halides is 2. The van der Waals surface area contributed by atoms with Crippen molar-refractivity contribution >= 4 is 17.7 Å². The monoisotopic (exact) mass is 320 g/mol. The summed E-state index contributed by atoms with van der Waals surface area (Å²) >= 11 is 1.88. The molecule has 21 heavy (non-hydrogen) atoms. The second kappa shape index (κ2) is 8.32. The lowest BCUT2D eigenvalue weighted by atomic mass is 9.84. The molecule has 0 aromatic rings. The molecule has 0 bridgehead atoms. The minimum Gasteiger partial charge on any atom is -0.346 e. The number of rotatable bonds is 5. The van der Waals surface area contributed by atoms with Gasteiger partial charge in [0.1, 0.15) is 0 Å². The van der Waals surface area contributed by atoms with E-state index in [2.05, 4.69) is 10.2 Å². The number of nitrogens with zero attached hydrogens (tertiary/aromatic N) is 1. The van der Waals surface area contributed by atoms with Crippen molar-refractivity contribution in [3.63, 3.8) is 0 Å². The predicted molar refractivity (Wildman–Crippen MR) is 82.9 cm³/mol. The molecule has 1 N–H and O–H groups in total. The van der Waals surface area contributed by atoms with Crippen LogP contribution in [0.25, 0.3) is 0 Å². The number of amides is 1. The molecule has 0 spiro atoms. The highest BCUT2D eigenvalue weighted by atomic mass is 32.2. The van der Waals surface area contributed by atoms with E-state index in [1.807, 2.05) is 18.7 Å². The lowest BCUT2D eigenvalue weighted by Gasteiger charge is -2.34. The van der Waals surface area contributed by atoms with Crippen LogP contribution in [0.4, 0.5) is 8.78 Å². The third kappa shape index (κ3) is 4.81. The van der Waals surface area contributed by atoms with Crippen molar-refractivity contribution in [3.05, 3.63) is 0 Å². The summed E-state index contributed by atoms with van der Waals surface area (Å²) in [7, 11) is 0. The molecule has 0 aromatic carbocycles. The van der Waals surface area contributed by atoms with Gasteiger partial charge < -0.3 is 5.32 Å². The number of halogens is 2. The van der Waals surface area contributed by atoms with Crippen LogP contribution in [0.3, 0.4) is 0 Å². The first-order valence-electron chi connectivity index (χ1n) is 8.00. The van der Waals surface area contributed by atoms with Crippen LogP contribution < -0.4 is 5.32 Å². The van der Waals surface area contributed by atoms with Crippen LogP contribution in [0.5, 0.6) is 0 Å². The number of nitrogens with one attached hydrogen (secondary N) is 1. The van der Waals surface area contributed by atoms with Gasteiger partial charge in [0.05, 0.1) is 12.1 Å². The Kier molecular flexibility index (Phi) is 6.74. The van der Waals surface area contributed by atoms with Crippen LogP contribution >= 0.6 is 11.8 Å².